The van der Waals surface area contributed by atoms with Gasteiger partial charge in [0, 0.05) is 18.1 Å². The Morgan fingerprint density at radius 1 is 1.33 bits per heavy atom. The van der Waals surface area contributed by atoms with Gasteiger partial charge in [-0.1, -0.05) is 17.7 Å². The van der Waals surface area contributed by atoms with Gasteiger partial charge >= 0.3 is 5.97 Å². The summed E-state index contributed by atoms with van der Waals surface area (Å²) in [5.74, 6) is -0.360. The van der Waals surface area contributed by atoms with Gasteiger partial charge < -0.3 is 5.11 Å². The van der Waals surface area contributed by atoms with Gasteiger partial charge in [-0.15, -0.1) is 11.8 Å². The second kappa shape index (κ2) is 5.84. The van der Waals surface area contributed by atoms with Crippen LogP contribution in [-0.4, -0.2) is 21.0 Å². The molecular weight excluding hydrogens is 272 g/mol. The van der Waals surface area contributed by atoms with Crippen LogP contribution in [0.4, 0.5) is 0 Å². The number of carbonyl (C=O) groups is 1. The molecule has 0 radical (unpaired) electrons. The molecule has 6 heteroatoms. The fourth-order valence-electron chi connectivity index (χ4n) is 1.30. The van der Waals surface area contributed by atoms with Crippen molar-refractivity contribution in [2.45, 2.75) is 10.8 Å². The lowest BCUT2D eigenvalue weighted by atomic mass is 10.3. The fraction of sp³-hybridized carbons (Fsp3) is 0.0833. The minimum Gasteiger partial charge on any atom is -0.478 e. The van der Waals surface area contributed by atoms with Crippen LogP contribution in [0.2, 0.25) is 5.15 Å². The average molecular weight is 281 g/mol. The zero-order valence-corrected chi connectivity index (χ0v) is 10.8. The van der Waals surface area contributed by atoms with E-state index >= 15 is 0 Å². The highest BCUT2D eigenvalue weighted by Gasteiger charge is 2.06. The number of carboxylic acid groups (broad SMARTS) is 1. The van der Waals surface area contributed by atoms with Gasteiger partial charge in [-0.3, -0.25) is 0 Å². The maximum Gasteiger partial charge on any atom is 0.335 e. The quantitative estimate of drug-likeness (QED) is 0.689. The van der Waals surface area contributed by atoms with Crippen molar-refractivity contribution >= 4 is 29.3 Å². The molecule has 2 aromatic heterocycles. The summed E-state index contributed by atoms with van der Waals surface area (Å²) in [6, 6.07) is 6.69. The van der Waals surface area contributed by atoms with Gasteiger partial charge in [0.1, 0.15) is 5.15 Å². The summed E-state index contributed by atoms with van der Waals surface area (Å²) in [6.45, 7) is 0. The third-order valence-corrected chi connectivity index (χ3v) is 3.51. The van der Waals surface area contributed by atoms with Gasteiger partial charge in [-0.2, -0.15) is 0 Å². The number of halogens is 1. The highest BCUT2D eigenvalue weighted by atomic mass is 35.5. The van der Waals surface area contributed by atoms with E-state index in [9.17, 15) is 4.79 Å². The second-order valence-corrected chi connectivity index (χ2v) is 4.78. The van der Waals surface area contributed by atoms with Gasteiger partial charge in [0.2, 0.25) is 0 Å². The highest BCUT2D eigenvalue weighted by Crippen LogP contribution is 2.24. The largest absolute Gasteiger partial charge is 0.478 e. The van der Waals surface area contributed by atoms with E-state index in [1.54, 1.807) is 6.20 Å². The summed E-state index contributed by atoms with van der Waals surface area (Å²) in [7, 11) is 0. The molecule has 0 atom stereocenters. The summed E-state index contributed by atoms with van der Waals surface area (Å²) < 4.78 is 0. The summed E-state index contributed by atoms with van der Waals surface area (Å²) in [5, 5.41) is 9.98. The smallest absolute Gasteiger partial charge is 0.335 e. The van der Waals surface area contributed by atoms with E-state index in [1.807, 2.05) is 12.1 Å². The van der Waals surface area contributed by atoms with Crippen molar-refractivity contribution in [3.8, 4) is 0 Å². The van der Waals surface area contributed by atoms with E-state index in [-0.39, 0.29) is 5.56 Å². The van der Waals surface area contributed by atoms with Gasteiger partial charge in [0.25, 0.3) is 0 Å². The molecule has 0 spiro atoms. The predicted molar refractivity (Wildman–Crippen MR) is 70.0 cm³/mol. The maximum absolute atomic E-state index is 10.8. The topological polar surface area (TPSA) is 63.1 Å². The average Bonchev–Trinajstić information content (AvgIpc) is 2.38. The van der Waals surface area contributed by atoms with Crippen molar-refractivity contribution in [3.63, 3.8) is 0 Å². The van der Waals surface area contributed by atoms with E-state index < -0.39 is 5.97 Å². The Morgan fingerprint density at radius 2 is 2.17 bits per heavy atom. The van der Waals surface area contributed by atoms with Crippen molar-refractivity contribution in [3.05, 3.63) is 52.9 Å². The molecule has 2 aromatic rings. The van der Waals surface area contributed by atoms with E-state index in [0.29, 0.717) is 15.9 Å². The molecule has 0 saturated heterocycles. The summed E-state index contributed by atoms with van der Waals surface area (Å²) in [5.41, 5.74) is 1.12. The lowest BCUT2D eigenvalue weighted by Gasteiger charge is -2.03. The van der Waals surface area contributed by atoms with Crippen molar-refractivity contribution in [1.29, 1.82) is 0 Å². The van der Waals surface area contributed by atoms with E-state index in [2.05, 4.69) is 9.97 Å². The molecule has 2 rings (SSSR count). The van der Waals surface area contributed by atoms with E-state index in [4.69, 9.17) is 16.7 Å². The second-order valence-electron chi connectivity index (χ2n) is 3.43. The molecule has 1 N–H and O–H groups in total. The van der Waals surface area contributed by atoms with Crippen LogP contribution in [0.3, 0.4) is 0 Å². The lowest BCUT2D eigenvalue weighted by Crippen LogP contribution is -1.96. The van der Waals surface area contributed by atoms with Crippen LogP contribution < -0.4 is 0 Å². The van der Waals surface area contributed by atoms with E-state index in [0.717, 1.165) is 5.56 Å². The molecule has 0 fully saturated rings. The number of carboxylic acids is 1. The first-order valence-corrected chi connectivity index (χ1v) is 6.44. The third-order valence-electron chi connectivity index (χ3n) is 2.19. The first-order chi connectivity index (χ1) is 8.66. The van der Waals surface area contributed by atoms with Crippen molar-refractivity contribution in [2.75, 3.05) is 0 Å². The Balaban J connectivity index is 2.09. The van der Waals surface area contributed by atoms with E-state index in [1.165, 1.54) is 30.1 Å². The molecule has 0 amide bonds. The molecule has 2 heterocycles. The molecule has 0 aliphatic heterocycles. The van der Waals surface area contributed by atoms with Crippen LogP contribution in [0.5, 0.6) is 0 Å². The fourth-order valence-corrected chi connectivity index (χ4v) is 2.45. The van der Waals surface area contributed by atoms with Crippen LogP contribution in [0.1, 0.15) is 15.9 Å². The minimum atomic E-state index is -0.960. The first-order valence-electron chi connectivity index (χ1n) is 5.08. The zero-order valence-electron chi connectivity index (χ0n) is 9.21. The Hall–Kier alpha value is -1.59. The first kappa shape index (κ1) is 12.9. The molecule has 0 aliphatic rings. The molecule has 0 aromatic carbocycles. The Bertz CT molecular complexity index is 578. The van der Waals surface area contributed by atoms with Gasteiger partial charge in [0.05, 0.1) is 10.6 Å². The molecule has 18 heavy (non-hydrogen) atoms. The van der Waals surface area contributed by atoms with Crippen molar-refractivity contribution in [2.24, 2.45) is 0 Å². The number of thioether (sulfide) groups is 1. The number of hydrogen-bond donors (Lipinski definition) is 1. The maximum atomic E-state index is 10.8. The Labute approximate surface area is 113 Å². The van der Waals surface area contributed by atoms with Gasteiger partial charge in [-0.05, 0) is 23.8 Å². The number of pyridine rings is 2. The number of nitrogens with zero attached hydrogens (tertiary/aromatic N) is 2. The number of rotatable bonds is 4. The molecule has 0 saturated carbocycles. The highest BCUT2D eigenvalue weighted by molar-refractivity contribution is 7.98. The molecule has 4 nitrogen and oxygen atoms in total. The van der Waals surface area contributed by atoms with Gasteiger partial charge in [0.15, 0.2) is 0 Å². The monoisotopic (exact) mass is 280 g/mol. The van der Waals surface area contributed by atoms with Crippen molar-refractivity contribution < 1.29 is 9.90 Å². The normalized spacial score (nSPS) is 10.3. The molecule has 0 aliphatic carbocycles. The molecule has 0 bridgehead atoms. The third kappa shape index (κ3) is 3.21. The lowest BCUT2D eigenvalue weighted by molar-refractivity contribution is 0.0696. The molecular formula is C12H9ClN2O2S. The number of aromatic carboxylic acids is 1. The van der Waals surface area contributed by atoms with Crippen LogP contribution in [0.15, 0.2) is 41.7 Å². The standard InChI is InChI=1S/C12H9ClN2O2S/c13-11-9(2-1-4-15-11)7-18-10-6-8(12(16)17)3-5-14-10/h1-6H,7H2,(H,16,17). The minimum absolute atomic E-state index is 0.227. The SMILES string of the molecule is O=C(O)c1ccnc(SCc2cccnc2Cl)c1. The van der Waals surface area contributed by atoms with Crippen molar-refractivity contribution in [1.82, 2.24) is 9.97 Å². The predicted octanol–water partition coefficient (Wildman–Crippen LogP) is 3.12. The molecule has 0 unspecified atom stereocenters. The number of aromatic nitrogens is 2. The Kier molecular flexibility index (Phi) is 4.17. The summed E-state index contributed by atoms with van der Waals surface area (Å²) in [6.07, 6.45) is 3.11. The van der Waals surface area contributed by atoms with Crippen LogP contribution in [0.25, 0.3) is 0 Å². The Morgan fingerprint density at radius 3 is 2.89 bits per heavy atom. The summed E-state index contributed by atoms with van der Waals surface area (Å²) >= 11 is 7.35. The summed E-state index contributed by atoms with van der Waals surface area (Å²) in [4.78, 5) is 18.9. The molecule has 92 valence electrons. The van der Waals surface area contributed by atoms with Crippen LogP contribution in [-0.2, 0) is 5.75 Å². The van der Waals surface area contributed by atoms with Crippen LogP contribution in [0, 0.1) is 0 Å². The van der Waals surface area contributed by atoms with Gasteiger partial charge in [-0.25, -0.2) is 14.8 Å². The number of hydrogen-bond acceptors (Lipinski definition) is 4. The van der Waals surface area contributed by atoms with Crippen LogP contribution >= 0.6 is 23.4 Å². The zero-order chi connectivity index (χ0) is 13.0.